The Morgan fingerprint density at radius 2 is 1.80 bits per heavy atom. The van der Waals surface area contributed by atoms with Gasteiger partial charge in [0.1, 0.15) is 11.5 Å². The third-order valence-electron chi connectivity index (χ3n) is 5.52. The van der Waals surface area contributed by atoms with Crippen LogP contribution in [0.2, 0.25) is 0 Å². The van der Waals surface area contributed by atoms with E-state index < -0.39 is 11.7 Å². The molecule has 2 heterocycles. The number of benzene rings is 2. The van der Waals surface area contributed by atoms with Gasteiger partial charge in [0, 0.05) is 32.0 Å². The van der Waals surface area contributed by atoms with Crippen molar-refractivity contribution in [2.24, 2.45) is 5.92 Å². The summed E-state index contributed by atoms with van der Waals surface area (Å²) in [4.78, 5) is 26.2. The summed E-state index contributed by atoms with van der Waals surface area (Å²) in [6.45, 7) is 1.55. The van der Waals surface area contributed by atoms with E-state index in [-0.39, 0.29) is 24.2 Å². The molecule has 2 amide bonds. The minimum atomic E-state index is -4.39. The Balaban J connectivity index is 1.45. The molecule has 0 aliphatic carbocycles. The molecule has 8 heteroatoms. The largest absolute Gasteiger partial charge is 0.457 e. The standard InChI is InChI=1S/C22H21F3N2O3/c23-22(24,25)17-2-5-18(6-3-17)30-19-4-1-14-8-10-27(13-16(14)11-19)21(29)15-7-9-26-20(28)12-15/h1-6,11,15H,7-10,12-13H2,(H,26,28). The maximum atomic E-state index is 12.8. The number of alkyl halides is 3. The third-order valence-corrected chi connectivity index (χ3v) is 5.52. The SMILES string of the molecule is O=C1CC(C(=O)N2CCc3ccc(Oc4ccc(C(F)(F)F)cc4)cc3C2)CCN1. The molecule has 2 aliphatic rings. The van der Waals surface area contributed by atoms with E-state index in [0.717, 1.165) is 23.3 Å². The highest BCUT2D eigenvalue weighted by molar-refractivity contribution is 5.87. The van der Waals surface area contributed by atoms with Crippen molar-refractivity contribution in [2.45, 2.75) is 32.0 Å². The summed E-state index contributed by atoms with van der Waals surface area (Å²) in [6.07, 6.45) is -2.82. The molecule has 2 aromatic carbocycles. The Labute approximate surface area is 171 Å². The first-order valence-corrected chi connectivity index (χ1v) is 9.82. The van der Waals surface area contributed by atoms with Crippen molar-refractivity contribution < 1.29 is 27.5 Å². The van der Waals surface area contributed by atoms with Gasteiger partial charge in [0.15, 0.2) is 0 Å². The van der Waals surface area contributed by atoms with Gasteiger partial charge < -0.3 is 15.0 Å². The van der Waals surface area contributed by atoms with Crippen LogP contribution in [0.4, 0.5) is 13.2 Å². The van der Waals surface area contributed by atoms with E-state index in [1.54, 1.807) is 11.0 Å². The average Bonchev–Trinajstić information content (AvgIpc) is 2.72. The summed E-state index contributed by atoms with van der Waals surface area (Å²) < 4.78 is 43.8. The summed E-state index contributed by atoms with van der Waals surface area (Å²) in [5, 5.41) is 2.74. The predicted molar refractivity (Wildman–Crippen MR) is 103 cm³/mol. The molecule has 158 valence electrons. The number of fused-ring (bicyclic) bond motifs is 1. The molecule has 0 radical (unpaired) electrons. The highest BCUT2D eigenvalue weighted by Gasteiger charge is 2.31. The zero-order chi connectivity index (χ0) is 21.3. The van der Waals surface area contributed by atoms with Crippen LogP contribution in [0.25, 0.3) is 0 Å². The van der Waals surface area contributed by atoms with Gasteiger partial charge in [0.25, 0.3) is 0 Å². The third kappa shape index (κ3) is 4.42. The van der Waals surface area contributed by atoms with Crippen LogP contribution in [0.1, 0.15) is 29.5 Å². The van der Waals surface area contributed by atoms with Crippen LogP contribution in [-0.4, -0.2) is 29.8 Å². The van der Waals surface area contributed by atoms with Gasteiger partial charge in [-0.25, -0.2) is 0 Å². The normalized spacial score (nSPS) is 19.1. The number of hydrogen-bond donors (Lipinski definition) is 1. The second kappa shape index (κ2) is 8.01. The van der Waals surface area contributed by atoms with E-state index in [2.05, 4.69) is 5.32 Å². The smallest absolute Gasteiger partial charge is 0.416 e. The second-order valence-corrected chi connectivity index (χ2v) is 7.60. The topological polar surface area (TPSA) is 58.6 Å². The maximum absolute atomic E-state index is 12.8. The van der Waals surface area contributed by atoms with Gasteiger partial charge >= 0.3 is 6.18 Å². The number of halogens is 3. The van der Waals surface area contributed by atoms with Crippen molar-refractivity contribution in [3.63, 3.8) is 0 Å². The van der Waals surface area contributed by atoms with Crippen LogP contribution in [0.5, 0.6) is 11.5 Å². The minimum Gasteiger partial charge on any atom is -0.457 e. The molecule has 4 rings (SSSR count). The lowest BCUT2D eigenvalue weighted by Gasteiger charge is -2.33. The molecule has 1 fully saturated rings. The van der Waals surface area contributed by atoms with E-state index >= 15 is 0 Å². The number of ether oxygens (including phenoxy) is 1. The van der Waals surface area contributed by atoms with E-state index in [4.69, 9.17) is 4.74 Å². The van der Waals surface area contributed by atoms with Crippen molar-refractivity contribution >= 4 is 11.8 Å². The molecule has 0 aromatic heterocycles. The molecule has 0 saturated carbocycles. The Hall–Kier alpha value is -3.03. The Kier molecular flexibility index (Phi) is 5.40. The maximum Gasteiger partial charge on any atom is 0.416 e. The van der Waals surface area contributed by atoms with Crippen molar-refractivity contribution in [1.29, 1.82) is 0 Å². The van der Waals surface area contributed by atoms with Crippen LogP contribution in [0.3, 0.4) is 0 Å². The number of rotatable bonds is 3. The Morgan fingerprint density at radius 3 is 2.50 bits per heavy atom. The molecule has 2 aliphatic heterocycles. The summed E-state index contributed by atoms with van der Waals surface area (Å²) in [7, 11) is 0. The molecule has 5 nitrogen and oxygen atoms in total. The van der Waals surface area contributed by atoms with Crippen molar-refractivity contribution in [2.75, 3.05) is 13.1 Å². The van der Waals surface area contributed by atoms with Crippen molar-refractivity contribution in [3.8, 4) is 11.5 Å². The van der Waals surface area contributed by atoms with Gasteiger partial charge in [-0.15, -0.1) is 0 Å². The van der Waals surface area contributed by atoms with Crippen molar-refractivity contribution in [1.82, 2.24) is 10.2 Å². The van der Waals surface area contributed by atoms with Gasteiger partial charge in [-0.05, 0) is 60.4 Å². The molecule has 1 N–H and O–H groups in total. The number of carbonyl (C=O) groups is 2. The fourth-order valence-electron chi connectivity index (χ4n) is 3.89. The summed E-state index contributed by atoms with van der Waals surface area (Å²) in [5.41, 5.74) is 1.32. The number of nitrogens with one attached hydrogen (secondary N) is 1. The lowest BCUT2D eigenvalue weighted by Crippen LogP contribution is -2.44. The van der Waals surface area contributed by atoms with E-state index in [1.807, 2.05) is 12.1 Å². The van der Waals surface area contributed by atoms with Crippen LogP contribution >= 0.6 is 0 Å². The van der Waals surface area contributed by atoms with Gasteiger partial charge in [-0.2, -0.15) is 13.2 Å². The molecule has 2 aromatic rings. The van der Waals surface area contributed by atoms with Crippen LogP contribution in [0.15, 0.2) is 42.5 Å². The lowest BCUT2D eigenvalue weighted by atomic mass is 9.93. The minimum absolute atomic E-state index is 0.00967. The molecule has 1 atom stereocenters. The number of piperidine rings is 1. The summed E-state index contributed by atoms with van der Waals surface area (Å²) in [6, 6.07) is 10.0. The van der Waals surface area contributed by atoms with Gasteiger partial charge in [0.2, 0.25) is 11.8 Å². The molecular formula is C22H21F3N2O3. The first-order chi connectivity index (χ1) is 14.3. The lowest BCUT2D eigenvalue weighted by molar-refractivity contribution is -0.140. The van der Waals surface area contributed by atoms with E-state index in [9.17, 15) is 22.8 Å². The van der Waals surface area contributed by atoms with Crippen LogP contribution in [0, 0.1) is 5.92 Å². The van der Waals surface area contributed by atoms with E-state index in [1.165, 1.54) is 12.1 Å². The molecule has 30 heavy (non-hydrogen) atoms. The van der Waals surface area contributed by atoms with Crippen LogP contribution < -0.4 is 10.1 Å². The first kappa shape index (κ1) is 20.3. The fraction of sp³-hybridized carbons (Fsp3) is 0.364. The number of amides is 2. The molecule has 0 spiro atoms. The molecule has 1 unspecified atom stereocenters. The van der Waals surface area contributed by atoms with Gasteiger partial charge in [-0.1, -0.05) is 6.07 Å². The quantitative estimate of drug-likeness (QED) is 0.822. The number of hydrogen-bond acceptors (Lipinski definition) is 3. The average molecular weight is 418 g/mol. The first-order valence-electron chi connectivity index (χ1n) is 9.82. The predicted octanol–water partition coefficient (Wildman–Crippen LogP) is 3.91. The highest BCUT2D eigenvalue weighted by Crippen LogP contribution is 2.32. The fourth-order valence-corrected chi connectivity index (χ4v) is 3.89. The zero-order valence-corrected chi connectivity index (χ0v) is 16.2. The molecular weight excluding hydrogens is 397 g/mol. The monoisotopic (exact) mass is 418 g/mol. The Bertz CT molecular complexity index is 957. The van der Waals surface area contributed by atoms with Crippen molar-refractivity contribution in [3.05, 3.63) is 59.2 Å². The molecule has 0 bridgehead atoms. The Morgan fingerprint density at radius 1 is 1.07 bits per heavy atom. The van der Waals surface area contributed by atoms with E-state index in [0.29, 0.717) is 44.0 Å². The van der Waals surface area contributed by atoms with Gasteiger partial charge in [-0.3, -0.25) is 9.59 Å². The number of carbonyl (C=O) groups excluding carboxylic acids is 2. The zero-order valence-electron chi connectivity index (χ0n) is 16.2. The number of nitrogens with zero attached hydrogens (tertiary/aromatic N) is 1. The summed E-state index contributed by atoms with van der Waals surface area (Å²) >= 11 is 0. The summed E-state index contributed by atoms with van der Waals surface area (Å²) in [5.74, 6) is 0.417. The molecule has 1 saturated heterocycles. The van der Waals surface area contributed by atoms with Gasteiger partial charge in [0.05, 0.1) is 5.56 Å². The van der Waals surface area contributed by atoms with Crippen LogP contribution in [-0.2, 0) is 28.7 Å². The second-order valence-electron chi connectivity index (χ2n) is 7.60. The highest BCUT2D eigenvalue weighted by atomic mass is 19.4.